The molecule has 1 saturated heterocycles. The summed E-state index contributed by atoms with van der Waals surface area (Å²) in [5.41, 5.74) is 1.47. The Morgan fingerprint density at radius 3 is 2.65 bits per heavy atom. The second-order valence-electron chi connectivity index (χ2n) is 7.49. The highest BCUT2D eigenvalue weighted by Crippen LogP contribution is 2.28. The van der Waals surface area contributed by atoms with Gasteiger partial charge in [0.1, 0.15) is 6.33 Å². The molecule has 8 heteroatoms. The summed E-state index contributed by atoms with van der Waals surface area (Å²) >= 11 is 0. The van der Waals surface area contributed by atoms with Gasteiger partial charge >= 0.3 is 0 Å². The number of carbonyl (C=O) groups excluding carboxylic acids is 1. The summed E-state index contributed by atoms with van der Waals surface area (Å²) in [4.78, 5) is 25.4. The van der Waals surface area contributed by atoms with Crippen molar-refractivity contribution in [1.82, 2.24) is 29.9 Å². The second-order valence-corrected chi connectivity index (χ2v) is 7.49. The molecule has 2 aromatic rings. The van der Waals surface area contributed by atoms with E-state index in [-0.39, 0.29) is 0 Å². The Morgan fingerprint density at radius 2 is 1.88 bits per heavy atom. The Bertz CT molecular complexity index is 760. The quantitative estimate of drug-likeness (QED) is 0.830. The number of nitrogens with zero attached hydrogens (tertiary/aromatic N) is 7. The Hall–Kier alpha value is -2.25. The van der Waals surface area contributed by atoms with Crippen molar-refractivity contribution >= 4 is 22.9 Å². The number of fused-ring (bicyclic) bond motifs is 1. The number of aromatic nitrogens is 5. The van der Waals surface area contributed by atoms with Crippen molar-refractivity contribution in [3.05, 3.63) is 6.33 Å². The molecule has 0 unspecified atom stereocenters. The van der Waals surface area contributed by atoms with E-state index in [9.17, 15) is 4.79 Å². The summed E-state index contributed by atoms with van der Waals surface area (Å²) in [6.45, 7) is 3.04. The summed E-state index contributed by atoms with van der Waals surface area (Å²) in [5, 5.41) is 8.23. The number of amides is 1. The van der Waals surface area contributed by atoms with Crippen LogP contribution in [-0.2, 0) is 11.8 Å². The van der Waals surface area contributed by atoms with Crippen molar-refractivity contribution in [2.45, 2.75) is 44.9 Å². The van der Waals surface area contributed by atoms with Crippen molar-refractivity contribution in [2.24, 2.45) is 13.0 Å². The number of hydrogen-bond acceptors (Lipinski definition) is 6. The highest BCUT2D eigenvalue weighted by molar-refractivity contribution is 5.83. The molecule has 0 aromatic carbocycles. The normalized spacial score (nSPS) is 19.3. The van der Waals surface area contributed by atoms with Gasteiger partial charge in [-0.1, -0.05) is 37.3 Å². The van der Waals surface area contributed by atoms with Crippen LogP contribution in [0.25, 0.3) is 11.2 Å². The molecule has 3 heterocycles. The van der Waals surface area contributed by atoms with Gasteiger partial charge in [-0.05, 0) is 12.3 Å². The maximum absolute atomic E-state index is 12.6. The van der Waals surface area contributed by atoms with E-state index in [0.717, 1.165) is 55.5 Å². The van der Waals surface area contributed by atoms with Crippen LogP contribution >= 0.6 is 0 Å². The van der Waals surface area contributed by atoms with Crippen molar-refractivity contribution in [3.63, 3.8) is 0 Å². The molecular weight excluding hydrogens is 330 g/mol. The predicted molar refractivity (Wildman–Crippen MR) is 98.7 cm³/mol. The molecule has 0 N–H and O–H groups in total. The molecule has 1 aliphatic carbocycles. The fourth-order valence-electron chi connectivity index (χ4n) is 4.20. The minimum absolute atomic E-state index is 0.308. The molecule has 1 aliphatic heterocycles. The van der Waals surface area contributed by atoms with E-state index < -0.39 is 0 Å². The zero-order chi connectivity index (χ0) is 17.9. The van der Waals surface area contributed by atoms with E-state index in [0.29, 0.717) is 12.3 Å². The van der Waals surface area contributed by atoms with E-state index in [1.807, 2.05) is 11.9 Å². The van der Waals surface area contributed by atoms with Crippen LogP contribution in [0.2, 0.25) is 0 Å². The molecule has 0 bridgehead atoms. The van der Waals surface area contributed by atoms with E-state index in [2.05, 4.69) is 25.2 Å². The van der Waals surface area contributed by atoms with Gasteiger partial charge in [0.2, 0.25) is 5.91 Å². The van der Waals surface area contributed by atoms with Crippen LogP contribution < -0.4 is 4.90 Å². The molecule has 4 rings (SSSR count). The van der Waals surface area contributed by atoms with Crippen LogP contribution in [0, 0.1) is 5.92 Å². The lowest BCUT2D eigenvalue weighted by molar-refractivity contribution is -0.131. The minimum atomic E-state index is 0.308. The van der Waals surface area contributed by atoms with Gasteiger partial charge in [0.15, 0.2) is 17.0 Å². The van der Waals surface area contributed by atoms with Crippen LogP contribution in [0.3, 0.4) is 0 Å². The summed E-state index contributed by atoms with van der Waals surface area (Å²) in [6.07, 6.45) is 9.99. The number of hydrogen-bond donors (Lipinski definition) is 0. The lowest BCUT2D eigenvalue weighted by Gasteiger charge is -2.35. The summed E-state index contributed by atoms with van der Waals surface area (Å²) in [6, 6.07) is 0. The molecule has 0 radical (unpaired) electrons. The van der Waals surface area contributed by atoms with Crippen LogP contribution in [-0.4, -0.2) is 61.9 Å². The first-order valence-corrected chi connectivity index (χ1v) is 9.75. The van der Waals surface area contributed by atoms with Gasteiger partial charge in [0.05, 0.1) is 0 Å². The average Bonchev–Trinajstić information content (AvgIpc) is 3.08. The molecular formula is C18H27N7O. The summed E-state index contributed by atoms with van der Waals surface area (Å²) in [7, 11) is 1.83. The zero-order valence-corrected chi connectivity index (χ0v) is 15.5. The van der Waals surface area contributed by atoms with E-state index in [1.54, 1.807) is 11.0 Å². The number of rotatable bonds is 4. The van der Waals surface area contributed by atoms with E-state index >= 15 is 0 Å². The number of carbonyl (C=O) groups is 1. The minimum Gasteiger partial charge on any atom is -0.351 e. The fourth-order valence-corrected chi connectivity index (χ4v) is 4.20. The van der Waals surface area contributed by atoms with Gasteiger partial charge in [0, 0.05) is 39.6 Å². The molecule has 8 nitrogen and oxygen atoms in total. The lowest BCUT2D eigenvalue weighted by Crippen LogP contribution is -2.49. The molecule has 0 atom stereocenters. The second kappa shape index (κ2) is 7.55. The van der Waals surface area contributed by atoms with Gasteiger partial charge in [-0.3, -0.25) is 4.79 Å². The first-order valence-electron chi connectivity index (χ1n) is 9.75. The third-order valence-electron chi connectivity index (χ3n) is 5.79. The maximum atomic E-state index is 12.6. The molecule has 1 amide bonds. The van der Waals surface area contributed by atoms with Gasteiger partial charge in [-0.25, -0.2) is 14.6 Å². The molecule has 2 aliphatic rings. The summed E-state index contributed by atoms with van der Waals surface area (Å²) < 4.78 is 1.66. The van der Waals surface area contributed by atoms with E-state index in [4.69, 9.17) is 0 Å². The largest absolute Gasteiger partial charge is 0.351 e. The highest BCUT2D eigenvalue weighted by atomic mass is 16.2. The average molecular weight is 357 g/mol. The molecule has 1 saturated carbocycles. The van der Waals surface area contributed by atoms with Crippen LogP contribution in [0.15, 0.2) is 6.33 Å². The fraction of sp³-hybridized carbons (Fsp3) is 0.722. The number of aryl methyl sites for hydroxylation is 1. The van der Waals surface area contributed by atoms with Crippen molar-refractivity contribution in [2.75, 3.05) is 31.1 Å². The summed E-state index contributed by atoms with van der Waals surface area (Å²) in [5.74, 6) is 1.89. The lowest BCUT2D eigenvalue weighted by atomic mass is 9.86. The predicted octanol–water partition coefficient (Wildman–Crippen LogP) is 1.77. The monoisotopic (exact) mass is 357 g/mol. The van der Waals surface area contributed by atoms with E-state index in [1.165, 1.54) is 32.1 Å². The van der Waals surface area contributed by atoms with Gasteiger partial charge in [0.25, 0.3) is 0 Å². The number of piperazine rings is 1. The SMILES string of the molecule is Cn1nnc2c(N3CCN(C(=O)CCC4CCCCC4)CC3)ncnc21. The molecule has 2 aromatic heterocycles. The molecule has 0 spiro atoms. The standard InChI is InChI=1S/C18H27N7O/c1-23-17-16(21-22-23)18(20-13-19-17)25-11-9-24(10-12-25)15(26)8-7-14-5-3-2-4-6-14/h13-14H,2-12H2,1H3. The Labute approximate surface area is 153 Å². The Balaban J connectivity index is 1.32. The van der Waals surface area contributed by atoms with Crippen molar-refractivity contribution < 1.29 is 4.79 Å². The molecule has 140 valence electrons. The number of anilines is 1. The first kappa shape index (κ1) is 17.2. The third kappa shape index (κ3) is 3.50. The van der Waals surface area contributed by atoms with Gasteiger partial charge in [-0.15, -0.1) is 5.10 Å². The van der Waals surface area contributed by atoms with Crippen LogP contribution in [0.5, 0.6) is 0 Å². The zero-order valence-electron chi connectivity index (χ0n) is 15.5. The third-order valence-corrected chi connectivity index (χ3v) is 5.79. The van der Waals surface area contributed by atoms with Crippen LogP contribution in [0.1, 0.15) is 44.9 Å². The van der Waals surface area contributed by atoms with Crippen LogP contribution in [0.4, 0.5) is 5.82 Å². The van der Waals surface area contributed by atoms with Crippen molar-refractivity contribution in [3.8, 4) is 0 Å². The van der Waals surface area contributed by atoms with Crippen molar-refractivity contribution in [1.29, 1.82) is 0 Å². The Kier molecular flexibility index (Phi) is 4.99. The first-order chi connectivity index (χ1) is 12.7. The maximum Gasteiger partial charge on any atom is 0.222 e. The van der Waals surface area contributed by atoms with Gasteiger partial charge < -0.3 is 9.80 Å². The van der Waals surface area contributed by atoms with Gasteiger partial charge in [-0.2, -0.15) is 0 Å². The molecule has 26 heavy (non-hydrogen) atoms. The topological polar surface area (TPSA) is 80.0 Å². The Morgan fingerprint density at radius 1 is 1.12 bits per heavy atom. The highest BCUT2D eigenvalue weighted by Gasteiger charge is 2.25. The molecule has 2 fully saturated rings. The smallest absolute Gasteiger partial charge is 0.222 e.